The van der Waals surface area contributed by atoms with Crippen LogP contribution in [0.5, 0.6) is 0 Å². The van der Waals surface area contributed by atoms with Gasteiger partial charge in [0.1, 0.15) is 0 Å². The molecule has 0 saturated heterocycles. The molecule has 0 aromatic rings. The standard InChI is InChI=1S/C5H12O.2C2H6/c1-3-5(2)4-6;2*1-2/h5-6H,3-4H2,1-2H3;2*1-2H3. The fourth-order valence-corrected chi connectivity index (χ4v) is 0.129. The Morgan fingerprint density at radius 1 is 1.10 bits per heavy atom. The third-order valence-electron chi connectivity index (χ3n) is 1.01. The Labute approximate surface area is 66.5 Å². The highest BCUT2D eigenvalue weighted by molar-refractivity contribution is 4.41. The van der Waals surface area contributed by atoms with Gasteiger partial charge in [0.2, 0.25) is 0 Å². The van der Waals surface area contributed by atoms with Crippen molar-refractivity contribution in [2.75, 3.05) is 6.61 Å². The zero-order chi connectivity index (χ0) is 8.99. The zero-order valence-electron chi connectivity index (χ0n) is 8.44. The molecule has 0 aromatic carbocycles. The summed E-state index contributed by atoms with van der Waals surface area (Å²) in [6, 6.07) is 0. The van der Waals surface area contributed by atoms with Crippen LogP contribution in [-0.4, -0.2) is 11.7 Å². The molecule has 0 heterocycles. The lowest BCUT2D eigenvalue weighted by Gasteiger charge is -1.98. The molecule has 0 fully saturated rings. The third-order valence-corrected chi connectivity index (χ3v) is 1.01. The minimum absolute atomic E-state index is 0.330. The van der Waals surface area contributed by atoms with E-state index in [4.69, 9.17) is 5.11 Å². The highest BCUT2D eigenvalue weighted by atomic mass is 16.3. The van der Waals surface area contributed by atoms with Crippen LogP contribution in [-0.2, 0) is 0 Å². The van der Waals surface area contributed by atoms with Crippen LogP contribution in [0.3, 0.4) is 0 Å². The van der Waals surface area contributed by atoms with Crippen LogP contribution < -0.4 is 0 Å². The molecule has 0 radical (unpaired) electrons. The van der Waals surface area contributed by atoms with Crippen LogP contribution in [0.1, 0.15) is 48.0 Å². The van der Waals surface area contributed by atoms with Crippen molar-refractivity contribution < 1.29 is 5.11 Å². The molecule has 0 aliphatic carbocycles. The average molecular weight is 148 g/mol. The summed E-state index contributed by atoms with van der Waals surface area (Å²) in [5, 5.41) is 8.33. The third kappa shape index (κ3) is 24.6. The molecule has 0 saturated carbocycles. The van der Waals surface area contributed by atoms with E-state index in [2.05, 4.69) is 6.92 Å². The maximum absolute atomic E-state index is 8.33. The first kappa shape index (κ1) is 16.5. The molecule has 1 atom stereocenters. The SMILES string of the molecule is CC.CC.CCC(C)CO. The topological polar surface area (TPSA) is 20.2 Å². The molecule has 0 rings (SSSR count). The summed E-state index contributed by atoms with van der Waals surface area (Å²) in [6.45, 7) is 12.4. The molecule has 0 aliphatic rings. The van der Waals surface area contributed by atoms with Crippen LogP contribution in [0, 0.1) is 5.92 Å². The lowest BCUT2D eigenvalue weighted by Crippen LogP contribution is -1.96. The second-order valence-electron chi connectivity index (χ2n) is 1.70. The van der Waals surface area contributed by atoms with Gasteiger partial charge in [0.25, 0.3) is 0 Å². The molecule has 0 spiro atoms. The van der Waals surface area contributed by atoms with Crippen molar-refractivity contribution in [1.29, 1.82) is 0 Å². The monoisotopic (exact) mass is 148 g/mol. The molecule has 0 aromatic heterocycles. The molecule has 0 amide bonds. The van der Waals surface area contributed by atoms with Crippen LogP contribution >= 0.6 is 0 Å². The van der Waals surface area contributed by atoms with E-state index in [0.717, 1.165) is 6.42 Å². The lowest BCUT2D eigenvalue weighted by molar-refractivity contribution is 0.234. The van der Waals surface area contributed by atoms with Crippen LogP contribution in [0.15, 0.2) is 0 Å². The van der Waals surface area contributed by atoms with Gasteiger partial charge >= 0.3 is 0 Å². The van der Waals surface area contributed by atoms with E-state index in [1.165, 1.54) is 0 Å². The Bertz CT molecular complexity index is 23.9. The number of aliphatic hydroxyl groups is 1. The van der Waals surface area contributed by atoms with E-state index in [-0.39, 0.29) is 0 Å². The Morgan fingerprint density at radius 3 is 1.40 bits per heavy atom. The summed E-state index contributed by atoms with van der Waals surface area (Å²) < 4.78 is 0. The smallest absolute Gasteiger partial charge is 0.0456 e. The van der Waals surface area contributed by atoms with E-state index in [1.807, 2.05) is 34.6 Å². The van der Waals surface area contributed by atoms with Gasteiger partial charge in [-0.15, -0.1) is 0 Å². The molecule has 66 valence electrons. The van der Waals surface area contributed by atoms with Gasteiger partial charge < -0.3 is 5.11 Å². The number of aliphatic hydroxyl groups excluding tert-OH is 1. The molecule has 0 bridgehead atoms. The van der Waals surface area contributed by atoms with Crippen LogP contribution in [0.4, 0.5) is 0 Å². The molecule has 0 aliphatic heterocycles. The van der Waals surface area contributed by atoms with Crippen LogP contribution in [0.25, 0.3) is 0 Å². The molecule has 1 N–H and O–H groups in total. The Hall–Kier alpha value is -0.0400. The van der Waals surface area contributed by atoms with Gasteiger partial charge in [-0.05, 0) is 5.92 Å². The lowest BCUT2D eigenvalue weighted by atomic mass is 10.1. The van der Waals surface area contributed by atoms with E-state index in [1.54, 1.807) is 0 Å². The largest absolute Gasteiger partial charge is 0.396 e. The summed E-state index contributed by atoms with van der Waals surface area (Å²) in [5.41, 5.74) is 0. The average Bonchev–Trinajstić information content (AvgIpc) is 2.10. The summed E-state index contributed by atoms with van der Waals surface area (Å²) >= 11 is 0. The molecule has 10 heavy (non-hydrogen) atoms. The molecule has 1 heteroatoms. The molecular weight excluding hydrogens is 124 g/mol. The Morgan fingerprint density at radius 2 is 1.40 bits per heavy atom. The summed E-state index contributed by atoms with van der Waals surface area (Å²) in [5.74, 6) is 0.491. The Kier molecular flexibility index (Phi) is 38.1. The van der Waals surface area contributed by atoms with Crippen molar-refractivity contribution >= 4 is 0 Å². The van der Waals surface area contributed by atoms with E-state index < -0.39 is 0 Å². The van der Waals surface area contributed by atoms with E-state index >= 15 is 0 Å². The van der Waals surface area contributed by atoms with Gasteiger partial charge in [-0.25, -0.2) is 0 Å². The minimum Gasteiger partial charge on any atom is -0.396 e. The first-order valence-corrected chi connectivity index (χ1v) is 4.42. The zero-order valence-corrected chi connectivity index (χ0v) is 8.44. The molecular formula is C9H24O. The van der Waals surface area contributed by atoms with Gasteiger partial charge in [-0.3, -0.25) is 0 Å². The van der Waals surface area contributed by atoms with Gasteiger partial charge in [-0.2, -0.15) is 0 Å². The van der Waals surface area contributed by atoms with Gasteiger partial charge in [0.05, 0.1) is 0 Å². The van der Waals surface area contributed by atoms with Gasteiger partial charge in [0.15, 0.2) is 0 Å². The fourth-order valence-electron chi connectivity index (χ4n) is 0.129. The number of hydrogen-bond donors (Lipinski definition) is 1. The Balaban J connectivity index is -0.000000105. The van der Waals surface area contributed by atoms with Gasteiger partial charge in [0, 0.05) is 6.61 Å². The normalized spacial score (nSPS) is 9.90. The second-order valence-corrected chi connectivity index (χ2v) is 1.70. The molecule has 1 nitrogen and oxygen atoms in total. The van der Waals surface area contributed by atoms with E-state index in [9.17, 15) is 0 Å². The maximum atomic E-state index is 8.33. The fraction of sp³-hybridized carbons (Fsp3) is 1.00. The van der Waals surface area contributed by atoms with Crippen molar-refractivity contribution in [1.82, 2.24) is 0 Å². The quantitative estimate of drug-likeness (QED) is 0.638. The second kappa shape index (κ2) is 23.1. The highest BCUT2D eigenvalue weighted by Crippen LogP contribution is 1.95. The minimum atomic E-state index is 0.330. The number of hydrogen-bond acceptors (Lipinski definition) is 1. The summed E-state index contributed by atoms with van der Waals surface area (Å²) in [7, 11) is 0. The molecule has 1 unspecified atom stereocenters. The first-order valence-electron chi connectivity index (χ1n) is 4.42. The highest BCUT2D eigenvalue weighted by Gasteiger charge is 1.90. The maximum Gasteiger partial charge on any atom is 0.0456 e. The van der Waals surface area contributed by atoms with Crippen molar-refractivity contribution in [3.8, 4) is 0 Å². The van der Waals surface area contributed by atoms with Crippen LogP contribution in [0.2, 0.25) is 0 Å². The summed E-state index contributed by atoms with van der Waals surface area (Å²) in [4.78, 5) is 0. The van der Waals surface area contributed by atoms with Crippen molar-refractivity contribution in [3.63, 3.8) is 0 Å². The van der Waals surface area contributed by atoms with Crippen molar-refractivity contribution in [3.05, 3.63) is 0 Å². The summed E-state index contributed by atoms with van der Waals surface area (Å²) in [6.07, 6.45) is 1.08. The van der Waals surface area contributed by atoms with Crippen molar-refractivity contribution in [2.45, 2.75) is 48.0 Å². The first-order chi connectivity index (χ1) is 4.81. The number of rotatable bonds is 2. The van der Waals surface area contributed by atoms with Gasteiger partial charge in [-0.1, -0.05) is 48.0 Å². The van der Waals surface area contributed by atoms with E-state index in [0.29, 0.717) is 12.5 Å². The predicted octanol–water partition coefficient (Wildman–Crippen LogP) is 3.08. The predicted molar refractivity (Wildman–Crippen MR) is 49.2 cm³/mol. The van der Waals surface area contributed by atoms with Crippen molar-refractivity contribution in [2.24, 2.45) is 5.92 Å².